The van der Waals surface area contributed by atoms with E-state index < -0.39 is 0 Å². The second-order valence-electron chi connectivity index (χ2n) is 7.16. The minimum absolute atomic E-state index is 0.0159. The fraction of sp³-hybridized carbons (Fsp3) is 0.304. The molecule has 5 nitrogen and oxygen atoms in total. The number of ether oxygens (including phenoxy) is 1. The van der Waals surface area contributed by atoms with Crippen LogP contribution in [0.15, 0.2) is 60.8 Å². The van der Waals surface area contributed by atoms with Gasteiger partial charge in [-0.2, -0.15) is 0 Å². The summed E-state index contributed by atoms with van der Waals surface area (Å²) in [6, 6.07) is 17.7. The van der Waals surface area contributed by atoms with Gasteiger partial charge in [-0.05, 0) is 23.3 Å². The van der Waals surface area contributed by atoms with Crippen LogP contribution >= 0.6 is 11.6 Å². The zero-order valence-electron chi connectivity index (χ0n) is 16.2. The number of aromatic nitrogens is 1. The molecule has 2 heterocycles. The minimum Gasteiger partial charge on any atom is -0.379 e. The van der Waals surface area contributed by atoms with Gasteiger partial charge in [-0.25, -0.2) is 0 Å². The van der Waals surface area contributed by atoms with Crippen LogP contribution in [0.1, 0.15) is 17.2 Å². The molecule has 0 aliphatic carbocycles. The van der Waals surface area contributed by atoms with Crippen LogP contribution in [0.5, 0.6) is 0 Å². The first kappa shape index (κ1) is 19.8. The molecule has 150 valence electrons. The van der Waals surface area contributed by atoms with Gasteiger partial charge in [-0.3, -0.25) is 14.7 Å². The van der Waals surface area contributed by atoms with Gasteiger partial charge in [0.1, 0.15) is 0 Å². The van der Waals surface area contributed by atoms with Crippen molar-refractivity contribution in [3.63, 3.8) is 0 Å². The van der Waals surface area contributed by atoms with E-state index in [-0.39, 0.29) is 11.9 Å². The average Bonchev–Trinajstić information content (AvgIpc) is 2.76. The predicted octanol–water partition coefficient (Wildman–Crippen LogP) is 3.62. The summed E-state index contributed by atoms with van der Waals surface area (Å²) in [6.07, 6.45) is 2.06. The monoisotopic (exact) mass is 409 g/mol. The van der Waals surface area contributed by atoms with Gasteiger partial charge in [0.25, 0.3) is 0 Å². The normalized spacial score (nSPS) is 15.9. The van der Waals surface area contributed by atoms with E-state index in [1.54, 1.807) is 6.20 Å². The maximum atomic E-state index is 12.7. The smallest absolute Gasteiger partial charge is 0.224 e. The van der Waals surface area contributed by atoms with Crippen LogP contribution in [-0.4, -0.2) is 48.6 Å². The molecule has 1 N–H and O–H groups in total. The second kappa shape index (κ2) is 9.35. The fourth-order valence-electron chi connectivity index (χ4n) is 3.83. The molecule has 1 aromatic heterocycles. The van der Waals surface area contributed by atoms with E-state index in [1.807, 2.05) is 54.6 Å². The average molecular weight is 410 g/mol. The van der Waals surface area contributed by atoms with E-state index in [9.17, 15) is 4.79 Å². The lowest BCUT2D eigenvalue weighted by molar-refractivity contribution is -0.120. The predicted molar refractivity (Wildman–Crippen MR) is 115 cm³/mol. The Morgan fingerprint density at radius 2 is 1.90 bits per heavy atom. The molecule has 1 fully saturated rings. The maximum Gasteiger partial charge on any atom is 0.224 e. The molecule has 4 rings (SSSR count). The summed E-state index contributed by atoms with van der Waals surface area (Å²) in [7, 11) is 0. The second-order valence-corrected chi connectivity index (χ2v) is 7.57. The SMILES string of the molecule is O=C(Cc1cccc2cccnc12)NCC(c1ccccc1Cl)N1CCOCC1. The Balaban J connectivity index is 1.48. The van der Waals surface area contributed by atoms with Gasteiger partial charge in [0.2, 0.25) is 5.91 Å². The van der Waals surface area contributed by atoms with Gasteiger partial charge >= 0.3 is 0 Å². The highest BCUT2D eigenvalue weighted by atomic mass is 35.5. The number of hydrogen-bond acceptors (Lipinski definition) is 4. The highest BCUT2D eigenvalue weighted by molar-refractivity contribution is 6.31. The number of rotatable bonds is 6. The van der Waals surface area contributed by atoms with Gasteiger partial charge in [0.05, 0.1) is 31.2 Å². The van der Waals surface area contributed by atoms with E-state index in [4.69, 9.17) is 16.3 Å². The third-order valence-electron chi connectivity index (χ3n) is 5.31. The molecule has 6 heteroatoms. The summed E-state index contributed by atoms with van der Waals surface area (Å²) in [5, 5.41) is 4.87. The first-order chi connectivity index (χ1) is 14.2. The zero-order chi connectivity index (χ0) is 20.1. The summed E-state index contributed by atoms with van der Waals surface area (Å²) >= 11 is 6.47. The molecule has 1 amide bonds. The molecule has 3 aromatic rings. The van der Waals surface area contributed by atoms with Gasteiger partial charge in [0, 0.05) is 36.2 Å². The summed E-state index contributed by atoms with van der Waals surface area (Å²) in [5.41, 5.74) is 2.84. The van der Waals surface area contributed by atoms with Crippen molar-refractivity contribution in [2.75, 3.05) is 32.8 Å². The summed E-state index contributed by atoms with van der Waals surface area (Å²) in [5.74, 6) is -0.0199. The fourth-order valence-corrected chi connectivity index (χ4v) is 4.09. The van der Waals surface area contributed by atoms with Crippen molar-refractivity contribution >= 4 is 28.4 Å². The molecule has 1 aliphatic heterocycles. The number of para-hydroxylation sites is 1. The van der Waals surface area contributed by atoms with Crippen LogP contribution in [0, 0.1) is 0 Å². The largest absolute Gasteiger partial charge is 0.379 e. The van der Waals surface area contributed by atoms with Crippen molar-refractivity contribution in [1.82, 2.24) is 15.2 Å². The van der Waals surface area contributed by atoms with Crippen LogP contribution in [0.25, 0.3) is 10.9 Å². The molecule has 1 aliphatic rings. The lowest BCUT2D eigenvalue weighted by Gasteiger charge is -2.35. The highest BCUT2D eigenvalue weighted by Gasteiger charge is 2.25. The number of carbonyl (C=O) groups is 1. The molecule has 1 unspecified atom stereocenters. The van der Waals surface area contributed by atoms with Crippen molar-refractivity contribution in [1.29, 1.82) is 0 Å². The van der Waals surface area contributed by atoms with Crippen molar-refractivity contribution < 1.29 is 9.53 Å². The molecular formula is C23H24ClN3O2. The molecule has 0 spiro atoms. The number of nitrogens with one attached hydrogen (secondary N) is 1. The molecule has 1 saturated heterocycles. The van der Waals surface area contributed by atoms with Crippen molar-refractivity contribution in [2.45, 2.75) is 12.5 Å². The molecular weight excluding hydrogens is 386 g/mol. The van der Waals surface area contributed by atoms with Gasteiger partial charge < -0.3 is 10.1 Å². The van der Waals surface area contributed by atoms with E-state index in [2.05, 4.69) is 15.2 Å². The number of benzene rings is 2. The Morgan fingerprint density at radius 1 is 1.10 bits per heavy atom. The van der Waals surface area contributed by atoms with Gasteiger partial charge in [-0.1, -0.05) is 54.1 Å². The van der Waals surface area contributed by atoms with E-state index in [0.29, 0.717) is 26.2 Å². The topological polar surface area (TPSA) is 54.5 Å². The van der Waals surface area contributed by atoms with Crippen LogP contribution in [-0.2, 0) is 16.0 Å². The number of fused-ring (bicyclic) bond motifs is 1. The molecule has 0 saturated carbocycles. The molecule has 2 aromatic carbocycles. The highest BCUT2D eigenvalue weighted by Crippen LogP contribution is 2.28. The summed E-state index contributed by atoms with van der Waals surface area (Å²) in [4.78, 5) is 19.5. The lowest BCUT2D eigenvalue weighted by Crippen LogP contribution is -2.44. The van der Waals surface area contributed by atoms with Crippen LogP contribution < -0.4 is 5.32 Å². The number of morpholine rings is 1. The number of pyridine rings is 1. The molecule has 0 bridgehead atoms. The number of carbonyl (C=O) groups excluding carboxylic acids is 1. The Bertz CT molecular complexity index is 983. The quantitative estimate of drug-likeness (QED) is 0.675. The summed E-state index contributed by atoms with van der Waals surface area (Å²) in [6.45, 7) is 3.52. The first-order valence-electron chi connectivity index (χ1n) is 9.88. The van der Waals surface area contributed by atoms with Crippen LogP contribution in [0.3, 0.4) is 0 Å². The van der Waals surface area contributed by atoms with Gasteiger partial charge in [0.15, 0.2) is 0 Å². The van der Waals surface area contributed by atoms with E-state index >= 15 is 0 Å². The Morgan fingerprint density at radius 3 is 2.72 bits per heavy atom. The number of amides is 1. The minimum atomic E-state index is -0.0199. The van der Waals surface area contributed by atoms with Gasteiger partial charge in [-0.15, -0.1) is 0 Å². The first-order valence-corrected chi connectivity index (χ1v) is 10.3. The molecule has 1 atom stereocenters. The van der Waals surface area contributed by atoms with Crippen molar-refractivity contribution in [2.24, 2.45) is 0 Å². The van der Waals surface area contributed by atoms with E-state index in [1.165, 1.54) is 0 Å². The lowest BCUT2D eigenvalue weighted by atomic mass is 10.0. The van der Waals surface area contributed by atoms with Crippen molar-refractivity contribution in [3.05, 3.63) is 76.9 Å². The standard InChI is InChI=1S/C23H24ClN3O2/c24-20-9-2-1-8-19(20)21(27-11-13-29-14-12-27)16-26-22(28)15-18-6-3-5-17-7-4-10-25-23(17)18/h1-10,21H,11-16H2,(H,26,28). The van der Waals surface area contributed by atoms with Crippen molar-refractivity contribution in [3.8, 4) is 0 Å². The summed E-state index contributed by atoms with van der Waals surface area (Å²) < 4.78 is 5.49. The number of nitrogens with zero attached hydrogens (tertiary/aromatic N) is 2. The number of halogens is 1. The van der Waals surface area contributed by atoms with E-state index in [0.717, 1.165) is 40.1 Å². The zero-order valence-corrected chi connectivity index (χ0v) is 16.9. The Hall–Kier alpha value is -2.47. The Labute approximate surface area is 175 Å². The Kier molecular flexibility index (Phi) is 6.39. The van der Waals surface area contributed by atoms with Crippen LogP contribution in [0.2, 0.25) is 5.02 Å². The molecule has 29 heavy (non-hydrogen) atoms. The molecule has 0 radical (unpaired) electrons. The third-order valence-corrected chi connectivity index (χ3v) is 5.65. The van der Waals surface area contributed by atoms with Crippen LogP contribution in [0.4, 0.5) is 0 Å². The third kappa shape index (κ3) is 4.75. The maximum absolute atomic E-state index is 12.7. The number of hydrogen-bond donors (Lipinski definition) is 1.